The monoisotopic (exact) mass is 293 g/mol. The lowest BCUT2D eigenvalue weighted by Crippen LogP contribution is -2.42. The number of carbonyl (C=O) groups excluding carboxylic acids is 2. The van der Waals surface area contributed by atoms with Crippen LogP contribution in [0.25, 0.3) is 0 Å². The van der Waals surface area contributed by atoms with Crippen LogP contribution >= 0.6 is 0 Å². The number of ether oxygens (including phenoxy) is 2. The van der Waals surface area contributed by atoms with Gasteiger partial charge in [0.1, 0.15) is 11.8 Å². The average molecular weight is 293 g/mol. The van der Waals surface area contributed by atoms with Crippen LogP contribution in [0.5, 0.6) is 5.75 Å². The predicted molar refractivity (Wildman–Crippen MR) is 80.3 cm³/mol. The van der Waals surface area contributed by atoms with Crippen LogP contribution in [0, 0.1) is 5.92 Å². The highest BCUT2D eigenvalue weighted by Crippen LogP contribution is 2.14. The van der Waals surface area contributed by atoms with E-state index in [-0.39, 0.29) is 11.8 Å². The summed E-state index contributed by atoms with van der Waals surface area (Å²) in [5.41, 5.74) is 0.457. The molecule has 0 fully saturated rings. The van der Waals surface area contributed by atoms with Gasteiger partial charge in [-0.1, -0.05) is 19.9 Å². The Kier molecular flexibility index (Phi) is 6.72. The maximum Gasteiger partial charge on any atom is 0.328 e. The zero-order valence-corrected chi connectivity index (χ0v) is 13.0. The Bertz CT molecular complexity index is 485. The molecule has 0 radical (unpaired) electrons. The quantitative estimate of drug-likeness (QED) is 0.784. The fraction of sp³-hybridized carbons (Fsp3) is 0.500. The van der Waals surface area contributed by atoms with E-state index in [4.69, 9.17) is 9.47 Å². The number of amides is 1. The number of esters is 1. The Hall–Kier alpha value is -2.04. The van der Waals surface area contributed by atoms with Crippen molar-refractivity contribution in [2.75, 3.05) is 13.7 Å². The van der Waals surface area contributed by atoms with E-state index in [0.717, 1.165) is 0 Å². The minimum Gasteiger partial charge on any atom is -0.494 e. The van der Waals surface area contributed by atoms with Gasteiger partial charge in [-0.25, -0.2) is 4.79 Å². The van der Waals surface area contributed by atoms with Crippen molar-refractivity contribution in [3.8, 4) is 5.75 Å². The molecular weight excluding hydrogens is 270 g/mol. The van der Waals surface area contributed by atoms with Gasteiger partial charge in [0.05, 0.1) is 13.7 Å². The third-order valence-corrected chi connectivity index (χ3v) is 2.91. The van der Waals surface area contributed by atoms with Crippen LogP contribution in [-0.4, -0.2) is 31.6 Å². The molecule has 0 heterocycles. The summed E-state index contributed by atoms with van der Waals surface area (Å²) in [4.78, 5) is 24.0. The predicted octanol–water partition coefficient (Wildman–Crippen LogP) is 2.40. The van der Waals surface area contributed by atoms with Crippen molar-refractivity contribution in [3.63, 3.8) is 0 Å². The first-order valence-electron chi connectivity index (χ1n) is 7.09. The topological polar surface area (TPSA) is 64.6 Å². The highest BCUT2D eigenvalue weighted by atomic mass is 16.5. The molecule has 0 aliphatic carbocycles. The van der Waals surface area contributed by atoms with Crippen LogP contribution < -0.4 is 10.1 Å². The smallest absolute Gasteiger partial charge is 0.328 e. The molecular formula is C16H23NO4. The summed E-state index contributed by atoms with van der Waals surface area (Å²) < 4.78 is 10.1. The molecule has 1 unspecified atom stereocenters. The molecule has 21 heavy (non-hydrogen) atoms. The van der Waals surface area contributed by atoms with Gasteiger partial charge in [-0.3, -0.25) is 4.79 Å². The Balaban J connectivity index is 2.81. The number of methoxy groups -OCH3 is 1. The molecule has 5 nitrogen and oxygen atoms in total. The van der Waals surface area contributed by atoms with Gasteiger partial charge < -0.3 is 14.8 Å². The van der Waals surface area contributed by atoms with E-state index in [2.05, 4.69) is 5.32 Å². The van der Waals surface area contributed by atoms with E-state index in [1.54, 1.807) is 24.3 Å². The molecule has 1 N–H and O–H groups in total. The number of nitrogens with one attached hydrogen (secondary N) is 1. The van der Waals surface area contributed by atoms with Crippen LogP contribution in [-0.2, 0) is 9.53 Å². The van der Waals surface area contributed by atoms with Crippen molar-refractivity contribution < 1.29 is 19.1 Å². The maximum atomic E-state index is 12.2. The van der Waals surface area contributed by atoms with Crippen molar-refractivity contribution in [1.29, 1.82) is 0 Å². The van der Waals surface area contributed by atoms with E-state index < -0.39 is 12.0 Å². The van der Waals surface area contributed by atoms with Crippen LogP contribution in [0.4, 0.5) is 0 Å². The van der Waals surface area contributed by atoms with E-state index in [1.165, 1.54) is 7.11 Å². The second-order valence-electron chi connectivity index (χ2n) is 5.14. The van der Waals surface area contributed by atoms with Gasteiger partial charge >= 0.3 is 5.97 Å². The first-order chi connectivity index (χ1) is 9.97. The van der Waals surface area contributed by atoms with Crippen LogP contribution in [0.2, 0.25) is 0 Å². The maximum absolute atomic E-state index is 12.2. The number of hydrogen-bond donors (Lipinski definition) is 1. The lowest BCUT2D eigenvalue weighted by Gasteiger charge is -2.18. The second-order valence-corrected chi connectivity index (χ2v) is 5.14. The van der Waals surface area contributed by atoms with Gasteiger partial charge in [0.15, 0.2) is 0 Å². The molecule has 116 valence electrons. The van der Waals surface area contributed by atoms with Crippen molar-refractivity contribution in [3.05, 3.63) is 29.8 Å². The highest BCUT2D eigenvalue weighted by molar-refractivity contribution is 5.97. The molecule has 1 amide bonds. The molecule has 0 bridgehead atoms. The number of carbonyl (C=O) groups is 2. The van der Waals surface area contributed by atoms with Gasteiger partial charge in [-0.2, -0.15) is 0 Å². The van der Waals surface area contributed by atoms with E-state index in [9.17, 15) is 9.59 Å². The summed E-state index contributed by atoms with van der Waals surface area (Å²) in [6.07, 6.45) is 0.531. The van der Waals surface area contributed by atoms with Crippen molar-refractivity contribution in [2.45, 2.75) is 33.2 Å². The van der Waals surface area contributed by atoms with Crippen molar-refractivity contribution in [1.82, 2.24) is 5.32 Å². The van der Waals surface area contributed by atoms with Crippen LogP contribution in [0.3, 0.4) is 0 Å². The average Bonchev–Trinajstić information content (AvgIpc) is 2.45. The standard InChI is InChI=1S/C16H23NO4/c1-5-21-13-8-6-7-12(10-13)15(18)17-14(9-11(2)3)16(19)20-4/h6-8,10-11,14H,5,9H2,1-4H3,(H,17,18). The molecule has 0 aliphatic heterocycles. The number of rotatable bonds is 7. The molecule has 0 spiro atoms. The highest BCUT2D eigenvalue weighted by Gasteiger charge is 2.23. The molecule has 1 atom stereocenters. The van der Waals surface area contributed by atoms with Crippen LogP contribution in [0.15, 0.2) is 24.3 Å². The first kappa shape index (κ1) is 17.0. The molecule has 1 aromatic rings. The molecule has 0 aromatic heterocycles. The minimum absolute atomic E-state index is 0.268. The summed E-state index contributed by atoms with van der Waals surface area (Å²) >= 11 is 0. The van der Waals surface area contributed by atoms with E-state index >= 15 is 0 Å². The third kappa shape index (κ3) is 5.45. The molecule has 0 saturated heterocycles. The number of hydrogen-bond acceptors (Lipinski definition) is 4. The van der Waals surface area contributed by atoms with Crippen molar-refractivity contribution >= 4 is 11.9 Å². The van der Waals surface area contributed by atoms with Gasteiger partial charge in [-0.05, 0) is 37.5 Å². The second kappa shape index (κ2) is 8.29. The Morgan fingerprint density at radius 1 is 1.29 bits per heavy atom. The fourth-order valence-electron chi connectivity index (χ4n) is 1.96. The Labute approximate surface area is 125 Å². The Morgan fingerprint density at radius 3 is 2.57 bits per heavy atom. The summed E-state index contributed by atoms with van der Waals surface area (Å²) in [6, 6.07) is 6.23. The lowest BCUT2D eigenvalue weighted by molar-refractivity contribution is -0.143. The third-order valence-electron chi connectivity index (χ3n) is 2.91. The normalized spacial score (nSPS) is 11.9. The zero-order valence-electron chi connectivity index (χ0n) is 13.0. The summed E-state index contributed by atoms with van der Waals surface area (Å²) in [5, 5.41) is 2.72. The first-order valence-corrected chi connectivity index (χ1v) is 7.09. The minimum atomic E-state index is -0.641. The lowest BCUT2D eigenvalue weighted by atomic mass is 10.0. The van der Waals surface area contributed by atoms with Gasteiger partial charge in [0.25, 0.3) is 5.91 Å². The fourth-order valence-corrected chi connectivity index (χ4v) is 1.96. The molecule has 0 saturated carbocycles. The molecule has 1 aromatic carbocycles. The summed E-state index contributed by atoms with van der Waals surface area (Å²) in [5.74, 6) is 0.151. The van der Waals surface area contributed by atoms with Gasteiger partial charge in [-0.15, -0.1) is 0 Å². The molecule has 5 heteroatoms. The largest absolute Gasteiger partial charge is 0.494 e. The number of benzene rings is 1. The SMILES string of the molecule is CCOc1cccc(C(=O)NC(CC(C)C)C(=O)OC)c1. The van der Waals surface area contributed by atoms with Gasteiger partial charge in [0.2, 0.25) is 0 Å². The summed E-state index contributed by atoms with van der Waals surface area (Å²) in [7, 11) is 1.32. The van der Waals surface area contributed by atoms with Crippen LogP contribution in [0.1, 0.15) is 37.6 Å². The van der Waals surface area contributed by atoms with E-state index in [0.29, 0.717) is 24.3 Å². The molecule has 0 aliphatic rings. The Morgan fingerprint density at radius 2 is 2.00 bits per heavy atom. The molecule has 1 rings (SSSR count). The zero-order chi connectivity index (χ0) is 15.8. The summed E-state index contributed by atoms with van der Waals surface area (Å²) in [6.45, 7) is 6.38. The van der Waals surface area contributed by atoms with Gasteiger partial charge in [0, 0.05) is 5.56 Å². The van der Waals surface area contributed by atoms with E-state index in [1.807, 2.05) is 20.8 Å². The van der Waals surface area contributed by atoms with Crippen molar-refractivity contribution in [2.24, 2.45) is 5.92 Å².